The van der Waals surface area contributed by atoms with Crippen LogP contribution in [0.2, 0.25) is 0 Å². The van der Waals surface area contributed by atoms with Crippen molar-refractivity contribution >= 4 is 17.5 Å². The molecule has 0 saturated carbocycles. The molecule has 2 aromatic rings. The monoisotopic (exact) mass is 338 g/mol. The zero-order valence-electron chi connectivity index (χ0n) is 14.2. The number of anilines is 2. The molecule has 0 bridgehead atoms. The lowest BCUT2D eigenvalue weighted by Crippen LogP contribution is -2.47. The number of carbonyl (C=O) groups excluding carboxylic acids is 1. The van der Waals surface area contributed by atoms with Crippen molar-refractivity contribution in [1.82, 2.24) is 19.9 Å². The van der Waals surface area contributed by atoms with Crippen LogP contribution in [-0.2, 0) is 0 Å². The standard InChI is InChI=1S/C18H22N6O/c25-17(23-8-1-2-9-23)16-14-15(4-7-19-16)22-10-12-24(13-11-22)18-20-5-3-6-21-18/h3-7,14H,1-2,8-13H2. The average Bonchev–Trinajstić information content (AvgIpc) is 3.23. The average molecular weight is 338 g/mol. The Balaban J connectivity index is 1.43. The summed E-state index contributed by atoms with van der Waals surface area (Å²) in [5.41, 5.74) is 1.61. The molecule has 2 fully saturated rings. The van der Waals surface area contributed by atoms with Crippen molar-refractivity contribution in [3.8, 4) is 0 Å². The Hall–Kier alpha value is -2.70. The highest BCUT2D eigenvalue weighted by atomic mass is 16.2. The van der Waals surface area contributed by atoms with Gasteiger partial charge in [-0.15, -0.1) is 0 Å². The summed E-state index contributed by atoms with van der Waals surface area (Å²) in [5, 5.41) is 0. The van der Waals surface area contributed by atoms with Crippen molar-refractivity contribution in [2.45, 2.75) is 12.8 Å². The van der Waals surface area contributed by atoms with Crippen molar-refractivity contribution in [3.63, 3.8) is 0 Å². The number of hydrogen-bond donors (Lipinski definition) is 0. The molecule has 7 heteroatoms. The molecule has 0 radical (unpaired) electrons. The van der Waals surface area contributed by atoms with Gasteiger partial charge in [0.05, 0.1) is 0 Å². The van der Waals surface area contributed by atoms with Gasteiger partial charge in [-0.05, 0) is 31.0 Å². The quantitative estimate of drug-likeness (QED) is 0.844. The maximum atomic E-state index is 12.5. The van der Waals surface area contributed by atoms with E-state index in [0.717, 1.165) is 63.7 Å². The van der Waals surface area contributed by atoms with Gasteiger partial charge in [0.25, 0.3) is 5.91 Å². The topological polar surface area (TPSA) is 65.5 Å². The van der Waals surface area contributed by atoms with Crippen LogP contribution in [0.5, 0.6) is 0 Å². The lowest BCUT2D eigenvalue weighted by atomic mass is 10.2. The number of carbonyl (C=O) groups is 1. The summed E-state index contributed by atoms with van der Waals surface area (Å²) in [6.45, 7) is 5.17. The van der Waals surface area contributed by atoms with Crippen molar-refractivity contribution in [2.24, 2.45) is 0 Å². The zero-order valence-corrected chi connectivity index (χ0v) is 14.2. The first kappa shape index (κ1) is 15.8. The number of likely N-dealkylation sites (tertiary alicyclic amines) is 1. The molecule has 25 heavy (non-hydrogen) atoms. The largest absolute Gasteiger partial charge is 0.368 e. The van der Waals surface area contributed by atoms with Crippen LogP contribution in [0.15, 0.2) is 36.8 Å². The Bertz CT molecular complexity index is 723. The fourth-order valence-electron chi connectivity index (χ4n) is 3.43. The number of hydrogen-bond acceptors (Lipinski definition) is 6. The summed E-state index contributed by atoms with van der Waals surface area (Å²) in [6.07, 6.45) is 7.47. The van der Waals surface area contributed by atoms with Crippen LogP contribution in [0.1, 0.15) is 23.3 Å². The van der Waals surface area contributed by atoms with Crippen LogP contribution >= 0.6 is 0 Å². The molecule has 4 heterocycles. The Morgan fingerprint density at radius 2 is 1.52 bits per heavy atom. The van der Waals surface area contributed by atoms with Gasteiger partial charge in [-0.25, -0.2) is 9.97 Å². The van der Waals surface area contributed by atoms with Gasteiger partial charge in [-0.2, -0.15) is 0 Å². The van der Waals surface area contributed by atoms with Crippen LogP contribution in [0.25, 0.3) is 0 Å². The van der Waals surface area contributed by atoms with Gasteiger partial charge in [0.1, 0.15) is 5.69 Å². The van der Waals surface area contributed by atoms with Crippen molar-refractivity contribution < 1.29 is 4.79 Å². The number of pyridine rings is 1. The van der Waals surface area contributed by atoms with E-state index in [4.69, 9.17) is 0 Å². The second-order valence-corrected chi connectivity index (χ2v) is 6.42. The molecule has 0 spiro atoms. The van der Waals surface area contributed by atoms with Gasteiger partial charge in [-0.1, -0.05) is 0 Å². The minimum atomic E-state index is 0.0515. The molecule has 2 aliphatic heterocycles. The molecular weight excluding hydrogens is 316 g/mol. The number of amides is 1. The fraction of sp³-hybridized carbons (Fsp3) is 0.444. The van der Waals surface area contributed by atoms with E-state index in [9.17, 15) is 4.79 Å². The Morgan fingerprint density at radius 3 is 2.24 bits per heavy atom. The first-order valence-corrected chi connectivity index (χ1v) is 8.83. The van der Waals surface area contributed by atoms with E-state index in [1.165, 1.54) is 0 Å². The van der Waals surface area contributed by atoms with E-state index in [1.807, 2.05) is 23.1 Å². The van der Waals surface area contributed by atoms with E-state index in [2.05, 4.69) is 24.8 Å². The van der Waals surface area contributed by atoms with Gasteiger partial charge in [0.15, 0.2) is 0 Å². The predicted octanol–water partition coefficient (Wildman–Crippen LogP) is 1.43. The van der Waals surface area contributed by atoms with Gasteiger partial charge in [0, 0.05) is 63.5 Å². The number of aromatic nitrogens is 3. The second kappa shape index (κ2) is 7.04. The molecule has 0 atom stereocenters. The number of piperazine rings is 1. The summed E-state index contributed by atoms with van der Waals surface area (Å²) in [7, 11) is 0. The van der Waals surface area contributed by atoms with Crippen LogP contribution in [-0.4, -0.2) is 65.0 Å². The first-order valence-electron chi connectivity index (χ1n) is 8.83. The minimum Gasteiger partial charge on any atom is -0.368 e. The van der Waals surface area contributed by atoms with Crippen LogP contribution in [0, 0.1) is 0 Å². The predicted molar refractivity (Wildman–Crippen MR) is 95.8 cm³/mol. The summed E-state index contributed by atoms with van der Waals surface area (Å²) >= 11 is 0. The Morgan fingerprint density at radius 1 is 0.840 bits per heavy atom. The fourth-order valence-corrected chi connectivity index (χ4v) is 3.43. The number of nitrogens with zero attached hydrogens (tertiary/aromatic N) is 6. The highest BCUT2D eigenvalue weighted by Crippen LogP contribution is 2.20. The SMILES string of the molecule is O=C(c1cc(N2CCN(c3ncccn3)CC2)ccn1)N1CCCC1. The lowest BCUT2D eigenvalue weighted by molar-refractivity contribution is 0.0787. The first-order chi connectivity index (χ1) is 12.3. The summed E-state index contributed by atoms with van der Waals surface area (Å²) < 4.78 is 0. The van der Waals surface area contributed by atoms with Crippen molar-refractivity contribution in [2.75, 3.05) is 49.1 Å². The third-order valence-corrected chi connectivity index (χ3v) is 4.84. The second-order valence-electron chi connectivity index (χ2n) is 6.42. The Labute approximate surface area is 147 Å². The molecule has 0 unspecified atom stereocenters. The molecular formula is C18H22N6O. The third kappa shape index (κ3) is 3.40. The van der Waals surface area contributed by atoms with Gasteiger partial charge >= 0.3 is 0 Å². The smallest absolute Gasteiger partial charge is 0.272 e. The summed E-state index contributed by atoms with van der Waals surface area (Å²) in [4.78, 5) is 31.8. The Kier molecular flexibility index (Phi) is 4.45. The summed E-state index contributed by atoms with van der Waals surface area (Å²) in [6, 6.07) is 5.74. The molecule has 0 aliphatic carbocycles. The van der Waals surface area contributed by atoms with Gasteiger partial charge < -0.3 is 14.7 Å². The molecule has 1 amide bonds. The highest BCUT2D eigenvalue weighted by Gasteiger charge is 2.23. The van der Waals surface area contributed by atoms with E-state index < -0.39 is 0 Å². The van der Waals surface area contributed by atoms with E-state index in [0.29, 0.717) is 5.69 Å². The van der Waals surface area contributed by atoms with Gasteiger partial charge in [0.2, 0.25) is 5.95 Å². The van der Waals surface area contributed by atoms with Crippen LogP contribution < -0.4 is 9.80 Å². The molecule has 0 N–H and O–H groups in total. The minimum absolute atomic E-state index is 0.0515. The van der Waals surface area contributed by atoms with Crippen LogP contribution in [0.4, 0.5) is 11.6 Å². The van der Waals surface area contributed by atoms with E-state index in [-0.39, 0.29) is 5.91 Å². The van der Waals surface area contributed by atoms with E-state index >= 15 is 0 Å². The third-order valence-electron chi connectivity index (χ3n) is 4.84. The normalized spacial score (nSPS) is 17.8. The molecule has 7 nitrogen and oxygen atoms in total. The summed E-state index contributed by atoms with van der Waals surface area (Å²) in [5.74, 6) is 0.831. The zero-order chi connectivity index (χ0) is 17.1. The molecule has 0 aromatic carbocycles. The number of rotatable bonds is 3. The van der Waals surface area contributed by atoms with Crippen LogP contribution in [0.3, 0.4) is 0 Å². The molecule has 2 saturated heterocycles. The van der Waals surface area contributed by atoms with Crippen molar-refractivity contribution in [3.05, 3.63) is 42.5 Å². The lowest BCUT2D eigenvalue weighted by Gasteiger charge is -2.36. The maximum absolute atomic E-state index is 12.5. The molecule has 2 aromatic heterocycles. The van der Waals surface area contributed by atoms with Gasteiger partial charge in [-0.3, -0.25) is 9.78 Å². The van der Waals surface area contributed by atoms with E-state index in [1.54, 1.807) is 18.6 Å². The molecule has 4 rings (SSSR count). The highest BCUT2D eigenvalue weighted by molar-refractivity contribution is 5.93. The maximum Gasteiger partial charge on any atom is 0.272 e. The molecule has 130 valence electrons. The molecule has 2 aliphatic rings. The van der Waals surface area contributed by atoms with Crippen molar-refractivity contribution in [1.29, 1.82) is 0 Å².